The molecule has 27 heavy (non-hydrogen) atoms. The van der Waals surface area contributed by atoms with Gasteiger partial charge in [0.1, 0.15) is 5.69 Å². The number of carbonyl (C=O) groups is 1. The lowest BCUT2D eigenvalue weighted by molar-refractivity contribution is -0.202. The summed E-state index contributed by atoms with van der Waals surface area (Å²) in [6.45, 7) is 4.24. The molecule has 7 nitrogen and oxygen atoms in total. The second kappa shape index (κ2) is 8.22. The zero-order chi connectivity index (χ0) is 19.6. The van der Waals surface area contributed by atoms with Gasteiger partial charge in [0, 0.05) is 37.9 Å². The van der Waals surface area contributed by atoms with Crippen molar-refractivity contribution in [2.24, 2.45) is 7.05 Å². The van der Waals surface area contributed by atoms with Crippen LogP contribution in [0.3, 0.4) is 0 Å². The quantitative estimate of drug-likeness (QED) is 0.638. The third kappa shape index (κ3) is 4.75. The molecule has 1 aromatic heterocycles. The fourth-order valence-electron chi connectivity index (χ4n) is 3.38. The highest BCUT2D eigenvalue weighted by molar-refractivity contribution is 6.03. The Morgan fingerprint density at radius 3 is 2.63 bits per heavy atom. The van der Waals surface area contributed by atoms with Crippen molar-refractivity contribution in [3.63, 3.8) is 0 Å². The summed E-state index contributed by atoms with van der Waals surface area (Å²) in [4.78, 5) is 12.4. The first-order valence-corrected chi connectivity index (χ1v) is 9.11. The average molecular weight is 373 g/mol. The highest BCUT2D eigenvalue weighted by Crippen LogP contribution is 2.19. The Labute approximate surface area is 159 Å². The SMILES string of the molecule is Cc1cc(C(=O)Nc2ccc(CNC3CC(O)OC(C)C3O)cc2)n(C)c1. The number of aromatic nitrogens is 1. The molecule has 0 aliphatic carbocycles. The second-order valence-corrected chi connectivity index (χ2v) is 7.17. The maximum Gasteiger partial charge on any atom is 0.272 e. The summed E-state index contributed by atoms with van der Waals surface area (Å²) in [6, 6.07) is 9.16. The van der Waals surface area contributed by atoms with Crippen LogP contribution in [0.5, 0.6) is 0 Å². The number of aliphatic hydroxyl groups excluding tert-OH is 2. The molecule has 0 radical (unpaired) electrons. The van der Waals surface area contributed by atoms with Crippen LogP contribution >= 0.6 is 0 Å². The van der Waals surface area contributed by atoms with E-state index < -0.39 is 18.5 Å². The van der Waals surface area contributed by atoms with Gasteiger partial charge in [-0.1, -0.05) is 12.1 Å². The smallest absolute Gasteiger partial charge is 0.272 e. The fourth-order valence-corrected chi connectivity index (χ4v) is 3.38. The highest BCUT2D eigenvalue weighted by Gasteiger charge is 2.33. The van der Waals surface area contributed by atoms with Gasteiger partial charge in [0.15, 0.2) is 6.29 Å². The van der Waals surface area contributed by atoms with E-state index in [4.69, 9.17) is 4.74 Å². The number of aryl methyl sites for hydroxylation is 2. The molecule has 1 fully saturated rings. The van der Waals surface area contributed by atoms with E-state index in [9.17, 15) is 15.0 Å². The molecule has 146 valence electrons. The molecule has 1 aliphatic heterocycles. The van der Waals surface area contributed by atoms with Gasteiger partial charge in [-0.15, -0.1) is 0 Å². The minimum atomic E-state index is -0.861. The molecule has 1 amide bonds. The summed E-state index contributed by atoms with van der Waals surface area (Å²) in [5.41, 5.74) is 3.39. The number of ether oxygens (including phenoxy) is 1. The minimum absolute atomic E-state index is 0.148. The Kier molecular flexibility index (Phi) is 5.96. The van der Waals surface area contributed by atoms with Crippen molar-refractivity contribution in [2.45, 2.75) is 51.4 Å². The van der Waals surface area contributed by atoms with E-state index >= 15 is 0 Å². The van der Waals surface area contributed by atoms with E-state index in [-0.39, 0.29) is 11.9 Å². The summed E-state index contributed by atoms with van der Waals surface area (Å²) in [7, 11) is 1.85. The molecule has 0 bridgehead atoms. The number of hydrogen-bond acceptors (Lipinski definition) is 5. The number of nitrogens with one attached hydrogen (secondary N) is 2. The number of nitrogens with zero attached hydrogens (tertiary/aromatic N) is 1. The van der Waals surface area contributed by atoms with E-state index in [1.54, 1.807) is 11.5 Å². The summed E-state index contributed by atoms with van der Waals surface area (Å²) in [5.74, 6) is -0.148. The normalized spacial score (nSPS) is 25.4. The summed E-state index contributed by atoms with van der Waals surface area (Å²) in [6.07, 6.45) is 0.312. The van der Waals surface area contributed by atoms with E-state index in [1.165, 1.54) is 0 Å². The van der Waals surface area contributed by atoms with Crippen LogP contribution in [0.1, 0.15) is 35.0 Å². The fraction of sp³-hybridized carbons (Fsp3) is 0.450. The molecular weight excluding hydrogens is 346 g/mol. The van der Waals surface area contributed by atoms with Gasteiger partial charge in [0.05, 0.1) is 12.2 Å². The molecule has 1 aromatic carbocycles. The molecule has 0 saturated carbocycles. The standard InChI is InChI=1S/C20H27N3O4/c1-12-8-17(23(3)11-12)20(26)22-15-6-4-14(5-7-15)10-21-16-9-18(24)27-13(2)19(16)25/h4-8,11,13,16,18-19,21,24-25H,9-10H2,1-3H3,(H,22,26). The lowest BCUT2D eigenvalue weighted by Crippen LogP contribution is -2.53. The average Bonchev–Trinajstić information content (AvgIpc) is 2.96. The van der Waals surface area contributed by atoms with Crippen LogP contribution in [0, 0.1) is 6.92 Å². The first kappa shape index (κ1) is 19.6. The molecule has 2 heterocycles. The third-order valence-electron chi connectivity index (χ3n) is 4.87. The lowest BCUT2D eigenvalue weighted by atomic mass is 9.99. The Bertz CT molecular complexity index is 787. The Morgan fingerprint density at radius 2 is 2.00 bits per heavy atom. The van der Waals surface area contributed by atoms with E-state index in [0.717, 1.165) is 16.8 Å². The minimum Gasteiger partial charge on any atom is -0.389 e. The largest absolute Gasteiger partial charge is 0.389 e. The van der Waals surface area contributed by atoms with E-state index in [1.807, 2.05) is 50.5 Å². The summed E-state index contributed by atoms with van der Waals surface area (Å²) < 4.78 is 7.01. The van der Waals surface area contributed by atoms with Crippen molar-refractivity contribution in [1.82, 2.24) is 9.88 Å². The van der Waals surface area contributed by atoms with Gasteiger partial charge in [-0.3, -0.25) is 4.79 Å². The number of carbonyl (C=O) groups excluding carboxylic acids is 1. The topological polar surface area (TPSA) is 95.8 Å². The molecule has 4 N–H and O–H groups in total. The molecule has 1 saturated heterocycles. The summed E-state index contributed by atoms with van der Waals surface area (Å²) in [5, 5.41) is 26.0. The van der Waals surface area contributed by atoms with Gasteiger partial charge in [0.25, 0.3) is 5.91 Å². The van der Waals surface area contributed by atoms with Gasteiger partial charge >= 0.3 is 0 Å². The first-order chi connectivity index (χ1) is 12.8. The molecule has 7 heteroatoms. The number of anilines is 1. The Balaban J connectivity index is 1.56. The van der Waals surface area contributed by atoms with Crippen molar-refractivity contribution >= 4 is 11.6 Å². The predicted octanol–water partition coefficient (Wildman–Crippen LogP) is 1.53. The monoisotopic (exact) mass is 373 g/mol. The number of rotatable bonds is 5. The zero-order valence-corrected chi connectivity index (χ0v) is 15.8. The molecule has 2 aromatic rings. The number of hydrogen-bond donors (Lipinski definition) is 4. The number of benzene rings is 1. The zero-order valence-electron chi connectivity index (χ0n) is 15.8. The van der Waals surface area contributed by atoms with Crippen LogP contribution in [0.25, 0.3) is 0 Å². The van der Waals surface area contributed by atoms with Crippen LogP contribution in [0.15, 0.2) is 36.5 Å². The van der Waals surface area contributed by atoms with Gasteiger partial charge < -0.3 is 30.2 Å². The molecular formula is C20H27N3O4. The van der Waals surface area contributed by atoms with Gasteiger partial charge in [0.2, 0.25) is 0 Å². The molecule has 4 unspecified atom stereocenters. The number of amides is 1. The second-order valence-electron chi connectivity index (χ2n) is 7.17. The summed E-state index contributed by atoms with van der Waals surface area (Å²) >= 11 is 0. The maximum absolute atomic E-state index is 12.4. The molecule has 1 aliphatic rings. The van der Waals surface area contributed by atoms with Gasteiger partial charge in [-0.05, 0) is 43.2 Å². The molecule has 4 atom stereocenters. The predicted molar refractivity (Wildman–Crippen MR) is 102 cm³/mol. The third-order valence-corrected chi connectivity index (χ3v) is 4.87. The van der Waals surface area contributed by atoms with Crippen molar-refractivity contribution in [3.05, 3.63) is 53.3 Å². The van der Waals surface area contributed by atoms with Gasteiger partial charge in [-0.25, -0.2) is 0 Å². The first-order valence-electron chi connectivity index (χ1n) is 9.11. The van der Waals surface area contributed by atoms with Crippen LogP contribution in [-0.4, -0.2) is 45.2 Å². The van der Waals surface area contributed by atoms with Crippen molar-refractivity contribution < 1.29 is 19.7 Å². The highest BCUT2D eigenvalue weighted by atomic mass is 16.6. The van der Waals surface area contributed by atoms with Crippen LogP contribution in [0.4, 0.5) is 5.69 Å². The van der Waals surface area contributed by atoms with E-state index in [2.05, 4.69) is 10.6 Å². The van der Waals surface area contributed by atoms with Crippen LogP contribution < -0.4 is 10.6 Å². The van der Waals surface area contributed by atoms with Crippen LogP contribution in [0.2, 0.25) is 0 Å². The molecule has 3 rings (SSSR count). The Morgan fingerprint density at radius 1 is 1.30 bits per heavy atom. The van der Waals surface area contributed by atoms with Crippen LogP contribution in [-0.2, 0) is 18.3 Å². The number of aliphatic hydroxyl groups is 2. The Hall–Kier alpha value is -2.19. The van der Waals surface area contributed by atoms with Gasteiger partial charge in [-0.2, -0.15) is 0 Å². The maximum atomic E-state index is 12.4. The molecule has 0 spiro atoms. The van der Waals surface area contributed by atoms with E-state index in [0.29, 0.717) is 18.7 Å². The van der Waals surface area contributed by atoms with Crippen molar-refractivity contribution in [3.8, 4) is 0 Å². The van der Waals surface area contributed by atoms with Crippen molar-refractivity contribution in [1.29, 1.82) is 0 Å². The van der Waals surface area contributed by atoms with Crippen molar-refractivity contribution in [2.75, 3.05) is 5.32 Å². The lowest BCUT2D eigenvalue weighted by Gasteiger charge is -2.36.